The van der Waals surface area contributed by atoms with Gasteiger partial charge in [-0.2, -0.15) is 0 Å². The van der Waals surface area contributed by atoms with E-state index in [0.29, 0.717) is 11.6 Å². The van der Waals surface area contributed by atoms with Crippen LogP contribution in [0.15, 0.2) is 42.9 Å². The summed E-state index contributed by atoms with van der Waals surface area (Å²) in [6.45, 7) is 1.86. The van der Waals surface area contributed by atoms with Crippen LogP contribution < -0.4 is 5.73 Å². The van der Waals surface area contributed by atoms with Crippen LogP contribution in [-0.2, 0) is 16.9 Å². The first-order valence-electron chi connectivity index (χ1n) is 9.09. The molecule has 2 aromatic heterocycles. The summed E-state index contributed by atoms with van der Waals surface area (Å²) in [4.78, 5) is 22.3. The first-order chi connectivity index (χ1) is 12.6. The molecule has 2 N–H and O–H groups in total. The number of amides is 1. The van der Waals surface area contributed by atoms with Crippen LogP contribution in [0.4, 0.5) is 0 Å². The third-order valence-corrected chi connectivity index (χ3v) is 5.96. The van der Waals surface area contributed by atoms with E-state index in [1.54, 1.807) is 13.3 Å². The topological polar surface area (TPSA) is 81.3 Å². The Bertz CT molecular complexity index is 797. The zero-order valence-electron chi connectivity index (χ0n) is 15.0. The number of aromatic nitrogens is 2. The van der Waals surface area contributed by atoms with E-state index in [2.05, 4.69) is 27.0 Å². The van der Waals surface area contributed by atoms with Crippen LogP contribution in [0.25, 0.3) is 0 Å². The molecular formula is C20H24N4O2. The van der Waals surface area contributed by atoms with E-state index >= 15 is 0 Å². The van der Waals surface area contributed by atoms with Gasteiger partial charge in [0.15, 0.2) is 0 Å². The summed E-state index contributed by atoms with van der Waals surface area (Å²) >= 11 is 0. The monoisotopic (exact) mass is 352 g/mol. The van der Waals surface area contributed by atoms with E-state index < -0.39 is 11.5 Å². The molecule has 1 aliphatic carbocycles. The average molecular weight is 352 g/mol. The molecule has 0 spiro atoms. The first kappa shape index (κ1) is 17.1. The van der Waals surface area contributed by atoms with Crippen LogP contribution in [0.3, 0.4) is 0 Å². The molecule has 2 bridgehead atoms. The van der Waals surface area contributed by atoms with Gasteiger partial charge in [0.05, 0.1) is 0 Å². The fourth-order valence-corrected chi connectivity index (χ4v) is 4.90. The second-order valence-corrected chi connectivity index (χ2v) is 7.22. The largest absolute Gasteiger partial charge is 0.372 e. The smallest absolute Gasteiger partial charge is 0.267 e. The zero-order valence-corrected chi connectivity index (χ0v) is 15.0. The van der Waals surface area contributed by atoms with E-state index in [4.69, 9.17) is 10.5 Å². The molecule has 1 aliphatic heterocycles. The molecule has 1 saturated heterocycles. The van der Waals surface area contributed by atoms with Crippen LogP contribution in [0.2, 0.25) is 0 Å². The van der Waals surface area contributed by atoms with Crippen molar-refractivity contribution in [3.63, 3.8) is 0 Å². The van der Waals surface area contributed by atoms with Gasteiger partial charge in [0.1, 0.15) is 11.3 Å². The summed E-state index contributed by atoms with van der Waals surface area (Å²) in [7, 11) is 1.78. The third-order valence-electron chi connectivity index (χ3n) is 5.96. The normalized spacial score (nSPS) is 28.2. The van der Waals surface area contributed by atoms with Crippen molar-refractivity contribution in [1.29, 1.82) is 0 Å². The molecule has 0 radical (unpaired) electrons. The lowest BCUT2D eigenvalue weighted by atomic mass is 9.71. The maximum atomic E-state index is 11.6. The van der Waals surface area contributed by atoms with Crippen molar-refractivity contribution < 1.29 is 9.53 Å². The highest BCUT2D eigenvalue weighted by Crippen LogP contribution is 2.52. The van der Waals surface area contributed by atoms with Crippen molar-refractivity contribution in [2.24, 2.45) is 11.7 Å². The lowest BCUT2D eigenvalue weighted by Crippen LogP contribution is -2.48. The van der Waals surface area contributed by atoms with Gasteiger partial charge in [-0.1, -0.05) is 6.42 Å². The average Bonchev–Trinajstić information content (AvgIpc) is 2.81. The van der Waals surface area contributed by atoms with E-state index in [-0.39, 0.29) is 6.04 Å². The number of carbonyl (C=O) groups is 1. The summed E-state index contributed by atoms with van der Waals surface area (Å²) in [6, 6.07) is 8.18. The fraction of sp³-hybridized carbons (Fsp3) is 0.450. The van der Waals surface area contributed by atoms with Crippen molar-refractivity contribution in [2.45, 2.75) is 37.5 Å². The van der Waals surface area contributed by atoms with Gasteiger partial charge in [0, 0.05) is 50.7 Å². The van der Waals surface area contributed by atoms with Crippen molar-refractivity contribution in [3.05, 3.63) is 59.7 Å². The molecule has 4 rings (SSSR count). The van der Waals surface area contributed by atoms with Gasteiger partial charge in [-0.05, 0) is 48.2 Å². The number of nitrogens with zero attached hydrogens (tertiary/aromatic N) is 3. The minimum atomic E-state index is -0.505. The number of ether oxygens (including phenoxy) is 1. The molecule has 2 aliphatic rings. The Morgan fingerprint density at radius 2 is 2.12 bits per heavy atom. The van der Waals surface area contributed by atoms with Gasteiger partial charge in [-0.15, -0.1) is 0 Å². The Labute approximate surface area is 153 Å². The summed E-state index contributed by atoms with van der Waals surface area (Å²) in [5, 5.41) is 0. The van der Waals surface area contributed by atoms with Gasteiger partial charge in [-0.25, -0.2) is 0 Å². The molecule has 1 amide bonds. The number of primary amides is 1. The summed E-state index contributed by atoms with van der Waals surface area (Å²) < 4.78 is 6.22. The van der Waals surface area contributed by atoms with Crippen molar-refractivity contribution in [3.8, 4) is 0 Å². The van der Waals surface area contributed by atoms with Crippen molar-refractivity contribution in [1.82, 2.24) is 14.9 Å². The van der Waals surface area contributed by atoms with Gasteiger partial charge in [-0.3, -0.25) is 19.7 Å². The molecule has 3 unspecified atom stereocenters. The van der Waals surface area contributed by atoms with Crippen LogP contribution in [0.5, 0.6) is 0 Å². The van der Waals surface area contributed by atoms with Crippen molar-refractivity contribution in [2.75, 3.05) is 13.7 Å². The molecule has 6 nitrogen and oxygen atoms in total. The van der Waals surface area contributed by atoms with E-state index in [9.17, 15) is 4.79 Å². The highest BCUT2D eigenvalue weighted by molar-refractivity contribution is 5.90. The highest BCUT2D eigenvalue weighted by Gasteiger charge is 2.57. The second-order valence-electron chi connectivity index (χ2n) is 7.22. The zero-order chi connectivity index (χ0) is 18.1. The standard InChI is InChI=1S/C20H24N4O2/c1-26-20(15-7-10-23-17(11-15)19(21)25)16-3-2-4-18(20)24(13-16)12-14-5-8-22-9-6-14/h5-11,16,18H,2-4,12-13H2,1H3,(H2,21,25). The highest BCUT2D eigenvalue weighted by atomic mass is 16.5. The molecule has 3 atom stereocenters. The maximum absolute atomic E-state index is 11.6. The number of pyridine rings is 2. The second kappa shape index (κ2) is 6.78. The van der Waals surface area contributed by atoms with E-state index in [1.807, 2.05) is 24.5 Å². The Morgan fingerprint density at radius 3 is 2.85 bits per heavy atom. The number of carbonyl (C=O) groups excluding carboxylic acids is 1. The predicted molar refractivity (Wildman–Crippen MR) is 97.2 cm³/mol. The van der Waals surface area contributed by atoms with Gasteiger partial charge >= 0.3 is 0 Å². The van der Waals surface area contributed by atoms with Gasteiger partial charge < -0.3 is 10.5 Å². The molecule has 2 fully saturated rings. The predicted octanol–water partition coefficient (Wildman–Crippen LogP) is 2.10. The third kappa shape index (κ3) is 2.70. The quantitative estimate of drug-likeness (QED) is 0.891. The first-order valence-corrected chi connectivity index (χ1v) is 9.09. The Balaban J connectivity index is 1.71. The molecular weight excluding hydrogens is 328 g/mol. The number of hydrogen-bond donors (Lipinski definition) is 1. The SMILES string of the molecule is COC1(c2ccnc(C(N)=O)c2)C2CCCC1N(Cc1ccncc1)C2. The maximum Gasteiger partial charge on any atom is 0.267 e. The molecule has 136 valence electrons. The summed E-state index contributed by atoms with van der Waals surface area (Å²) in [5.41, 5.74) is 7.59. The lowest BCUT2D eigenvalue weighted by molar-refractivity contribution is -0.0888. The fourth-order valence-electron chi connectivity index (χ4n) is 4.90. The van der Waals surface area contributed by atoms with Crippen LogP contribution >= 0.6 is 0 Å². The molecule has 6 heteroatoms. The number of likely N-dealkylation sites (tertiary alicyclic amines) is 1. The van der Waals surface area contributed by atoms with Gasteiger partial charge in [0.25, 0.3) is 5.91 Å². The van der Waals surface area contributed by atoms with E-state index in [0.717, 1.165) is 31.5 Å². The number of methoxy groups -OCH3 is 1. The van der Waals surface area contributed by atoms with Crippen molar-refractivity contribution >= 4 is 5.91 Å². The number of nitrogens with two attached hydrogens (primary N) is 1. The molecule has 2 aromatic rings. The Kier molecular flexibility index (Phi) is 4.46. The minimum Gasteiger partial charge on any atom is -0.372 e. The minimum absolute atomic E-state index is 0.266. The molecule has 26 heavy (non-hydrogen) atoms. The molecule has 1 saturated carbocycles. The number of fused-ring (bicyclic) bond motifs is 2. The van der Waals surface area contributed by atoms with E-state index in [1.165, 1.54) is 12.0 Å². The molecule has 3 heterocycles. The summed E-state index contributed by atoms with van der Waals surface area (Å²) in [6.07, 6.45) is 8.72. The summed E-state index contributed by atoms with van der Waals surface area (Å²) in [5.74, 6) is -0.119. The number of hydrogen-bond acceptors (Lipinski definition) is 5. The Hall–Kier alpha value is -2.31. The van der Waals surface area contributed by atoms with Crippen LogP contribution in [0, 0.1) is 5.92 Å². The van der Waals surface area contributed by atoms with Crippen LogP contribution in [0.1, 0.15) is 40.9 Å². The number of rotatable bonds is 5. The lowest BCUT2D eigenvalue weighted by Gasteiger charge is -2.43. The Morgan fingerprint density at radius 1 is 1.31 bits per heavy atom. The van der Waals surface area contributed by atoms with Crippen LogP contribution in [-0.4, -0.2) is 40.5 Å². The van der Waals surface area contributed by atoms with Gasteiger partial charge in [0.2, 0.25) is 0 Å². The molecule has 0 aromatic carbocycles.